The van der Waals surface area contributed by atoms with E-state index >= 15 is 0 Å². The highest BCUT2D eigenvalue weighted by atomic mass is 32.1. The molecule has 0 bridgehead atoms. The second kappa shape index (κ2) is 7.94. The van der Waals surface area contributed by atoms with Crippen LogP contribution < -0.4 is 5.32 Å². The lowest BCUT2D eigenvalue weighted by atomic mass is 9.99. The molecule has 1 heterocycles. The van der Waals surface area contributed by atoms with Gasteiger partial charge in [0.1, 0.15) is 0 Å². The second-order valence-electron chi connectivity index (χ2n) is 6.79. The minimum Gasteiger partial charge on any atom is -0.301 e. The zero-order chi connectivity index (χ0) is 16.9. The molecule has 0 aliphatic heterocycles. The zero-order valence-corrected chi connectivity index (χ0v) is 15.2. The van der Waals surface area contributed by atoms with Crippen LogP contribution in [0.1, 0.15) is 59.5 Å². The summed E-state index contributed by atoms with van der Waals surface area (Å²) in [5.41, 5.74) is 3.75. The van der Waals surface area contributed by atoms with Gasteiger partial charge in [0.25, 0.3) is 0 Å². The van der Waals surface area contributed by atoms with Gasteiger partial charge >= 0.3 is 0 Å². The summed E-state index contributed by atoms with van der Waals surface area (Å²) in [4.78, 5) is 4.91. The first-order valence-corrected chi connectivity index (χ1v) is 10.1. The molecule has 0 radical (unpaired) electrons. The molecule has 128 valence electrons. The number of thiazole rings is 1. The average molecular weight is 349 g/mol. The maximum atomic E-state index is 4.91. The molecular weight excluding hydrogens is 324 g/mol. The Labute approximate surface area is 154 Å². The van der Waals surface area contributed by atoms with Crippen LogP contribution in [0.15, 0.2) is 66.0 Å². The van der Waals surface area contributed by atoms with Crippen molar-refractivity contribution in [1.82, 2.24) is 10.3 Å². The van der Waals surface area contributed by atoms with E-state index in [-0.39, 0.29) is 6.04 Å². The fourth-order valence-electron chi connectivity index (χ4n) is 3.69. The Bertz CT molecular complexity index is 737. The van der Waals surface area contributed by atoms with Crippen molar-refractivity contribution in [2.45, 2.75) is 44.2 Å². The van der Waals surface area contributed by atoms with Crippen LogP contribution in [0, 0.1) is 0 Å². The lowest BCUT2D eigenvalue weighted by Gasteiger charge is -2.19. The Balaban J connectivity index is 1.49. The van der Waals surface area contributed by atoms with E-state index in [1.54, 1.807) is 0 Å². The van der Waals surface area contributed by atoms with Crippen LogP contribution in [-0.2, 0) is 6.54 Å². The van der Waals surface area contributed by atoms with Crippen LogP contribution in [0.25, 0.3) is 0 Å². The summed E-state index contributed by atoms with van der Waals surface area (Å²) in [6.45, 7) is 0.803. The third-order valence-electron chi connectivity index (χ3n) is 5.03. The van der Waals surface area contributed by atoms with Crippen molar-refractivity contribution in [2.75, 3.05) is 0 Å². The van der Waals surface area contributed by atoms with E-state index < -0.39 is 0 Å². The Morgan fingerprint density at radius 1 is 0.920 bits per heavy atom. The van der Waals surface area contributed by atoms with Crippen LogP contribution in [0.5, 0.6) is 0 Å². The molecule has 1 aromatic heterocycles. The fraction of sp³-hybridized carbons (Fsp3) is 0.318. The monoisotopic (exact) mass is 348 g/mol. The van der Waals surface area contributed by atoms with Crippen molar-refractivity contribution in [3.05, 3.63) is 87.9 Å². The molecule has 1 N–H and O–H groups in total. The smallest absolute Gasteiger partial charge is 0.0959 e. The number of nitrogens with one attached hydrogen (secondary N) is 1. The lowest BCUT2D eigenvalue weighted by molar-refractivity contribution is 0.595. The highest BCUT2D eigenvalue weighted by Gasteiger charge is 2.20. The summed E-state index contributed by atoms with van der Waals surface area (Å²) >= 11 is 1.84. The molecule has 0 spiro atoms. The molecule has 1 aliphatic carbocycles. The summed E-state index contributed by atoms with van der Waals surface area (Å²) in [7, 11) is 0. The van der Waals surface area contributed by atoms with E-state index in [1.165, 1.54) is 47.5 Å². The summed E-state index contributed by atoms with van der Waals surface area (Å²) in [6, 6.07) is 21.5. The summed E-state index contributed by atoms with van der Waals surface area (Å²) < 4.78 is 0. The Hall–Kier alpha value is -1.97. The number of aromatic nitrogens is 1. The van der Waals surface area contributed by atoms with Crippen molar-refractivity contribution >= 4 is 11.3 Å². The van der Waals surface area contributed by atoms with E-state index in [1.807, 2.05) is 11.3 Å². The topological polar surface area (TPSA) is 24.9 Å². The van der Waals surface area contributed by atoms with Crippen molar-refractivity contribution in [3.63, 3.8) is 0 Å². The highest BCUT2D eigenvalue weighted by molar-refractivity contribution is 7.09. The number of hydrogen-bond donors (Lipinski definition) is 1. The van der Waals surface area contributed by atoms with Crippen LogP contribution in [-0.4, -0.2) is 4.98 Å². The van der Waals surface area contributed by atoms with Crippen LogP contribution in [0.2, 0.25) is 0 Å². The minimum atomic E-state index is 0.194. The van der Waals surface area contributed by atoms with Gasteiger partial charge in [-0.2, -0.15) is 0 Å². The maximum absolute atomic E-state index is 4.91. The van der Waals surface area contributed by atoms with Gasteiger partial charge in [0.05, 0.1) is 16.7 Å². The first-order valence-electron chi connectivity index (χ1n) is 9.18. The number of rotatable bonds is 6. The van der Waals surface area contributed by atoms with Crippen LogP contribution in [0.3, 0.4) is 0 Å². The number of hydrogen-bond acceptors (Lipinski definition) is 3. The van der Waals surface area contributed by atoms with Gasteiger partial charge in [-0.1, -0.05) is 73.5 Å². The summed E-state index contributed by atoms with van der Waals surface area (Å²) in [5.74, 6) is 0.706. The van der Waals surface area contributed by atoms with E-state index in [0.29, 0.717) is 5.92 Å². The van der Waals surface area contributed by atoms with E-state index in [9.17, 15) is 0 Å². The third kappa shape index (κ3) is 4.00. The first kappa shape index (κ1) is 16.5. The molecule has 0 saturated heterocycles. The zero-order valence-electron chi connectivity index (χ0n) is 14.4. The molecule has 4 rings (SSSR count). The van der Waals surface area contributed by atoms with E-state index in [0.717, 1.165) is 6.54 Å². The van der Waals surface area contributed by atoms with Gasteiger partial charge < -0.3 is 5.32 Å². The maximum Gasteiger partial charge on any atom is 0.0959 e. The predicted molar refractivity (Wildman–Crippen MR) is 105 cm³/mol. The Kier molecular flexibility index (Phi) is 5.24. The standard InChI is InChI=1S/C22H24N2S/c1-3-9-17(10-4-1)21(18-11-5-2-6-12-18)23-15-20-16-25-22(24-20)19-13-7-8-14-19/h1-6,9-12,16,19,21,23H,7-8,13-15H2. The first-order chi connectivity index (χ1) is 12.4. The minimum absolute atomic E-state index is 0.194. The Morgan fingerprint density at radius 3 is 2.12 bits per heavy atom. The number of nitrogens with zero attached hydrogens (tertiary/aromatic N) is 1. The van der Waals surface area contributed by atoms with Crippen molar-refractivity contribution in [1.29, 1.82) is 0 Å². The lowest BCUT2D eigenvalue weighted by Crippen LogP contribution is -2.22. The number of benzene rings is 2. The molecule has 2 aromatic carbocycles. The molecule has 25 heavy (non-hydrogen) atoms. The van der Waals surface area contributed by atoms with E-state index in [2.05, 4.69) is 71.4 Å². The molecule has 0 atom stereocenters. The summed E-state index contributed by atoms with van der Waals surface area (Å²) in [5, 5.41) is 7.28. The van der Waals surface area contributed by atoms with Gasteiger partial charge in [0.2, 0.25) is 0 Å². The molecule has 1 saturated carbocycles. The second-order valence-corrected chi connectivity index (χ2v) is 7.68. The SMILES string of the molecule is c1ccc(C(NCc2csc(C3CCCC3)n2)c2ccccc2)cc1. The average Bonchev–Trinajstić information content (AvgIpc) is 3.35. The quantitative estimate of drug-likeness (QED) is 0.620. The highest BCUT2D eigenvalue weighted by Crippen LogP contribution is 2.35. The molecule has 1 fully saturated rings. The van der Waals surface area contributed by atoms with Gasteiger partial charge in [0, 0.05) is 17.8 Å². The predicted octanol–water partition coefficient (Wildman–Crippen LogP) is 5.68. The van der Waals surface area contributed by atoms with Gasteiger partial charge in [0.15, 0.2) is 0 Å². The van der Waals surface area contributed by atoms with Crippen LogP contribution >= 0.6 is 11.3 Å². The fourth-order valence-corrected chi connectivity index (χ4v) is 4.68. The molecule has 0 amide bonds. The normalized spacial score (nSPS) is 15.1. The van der Waals surface area contributed by atoms with Gasteiger partial charge in [-0.25, -0.2) is 4.98 Å². The van der Waals surface area contributed by atoms with Crippen molar-refractivity contribution in [3.8, 4) is 0 Å². The van der Waals surface area contributed by atoms with Crippen molar-refractivity contribution in [2.24, 2.45) is 0 Å². The Morgan fingerprint density at radius 2 is 1.52 bits per heavy atom. The molecule has 1 aliphatic rings. The molecule has 3 aromatic rings. The molecule has 3 heteroatoms. The van der Waals surface area contributed by atoms with Crippen LogP contribution in [0.4, 0.5) is 0 Å². The van der Waals surface area contributed by atoms with Gasteiger partial charge in [-0.05, 0) is 24.0 Å². The molecule has 2 nitrogen and oxygen atoms in total. The molecular formula is C22H24N2S. The summed E-state index contributed by atoms with van der Waals surface area (Å²) in [6.07, 6.45) is 5.36. The molecule has 0 unspecified atom stereocenters. The van der Waals surface area contributed by atoms with Gasteiger partial charge in [-0.3, -0.25) is 0 Å². The van der Waals surface area contributed by atoms with Crippen molar-refractivity contribution < 1.29 is 0 Å². The van der Waals surface area contributed by atoms with E-state index in [4.69, 9.17) is 4.98 Å². The van der Waals surface area contributed by atoms with Gasteiger partial charge in [-0.15, -0.1) is 11.3 Å². The third-order valence-corrected chi connectivity index (χ3v) is 6.08. The largest absolute Gasteiger partial charge is 0.301 e.